The van der Waals surface area contributed by atoms with E-state index in [9.17, 15) is 5.11 Å². The van der Waals surface area contributed by atoms with Crippen molar-refractivity contribution in [2.45, 2.75) is 31.2 Å². The van der Waals surface area contributed by atoms with Crippen molar-refractivity contribution < 1.29 is 28.1 Å². The van der Waals surface area contributed by atoms with Gasteiger partial charge in [-0.05, 0) is 37.1 Å². The number of nitrogens with one attached hydrogen (secondary N) is 1. The van der Waals surface area contributed by atoms with Crippen molar-refractivity contribution in [2.75, 3.05) is 37.8 Å². The van der Waals surface area contributed by atoms with E-state index in [1.807, 2.05) is 4.90 Å². The fourth-order valence-corrected chi connectivity index (χ4v) is 5.49. The van der Waals surface area contributed by atoms with Gasteiger partial charge in [0.2, 0.25) is 5.88 Å². The van der Waals surface area contributed by atoms with Gasteiger partial charge in [-0.3, -0.25) is 0 Å². The Hall–Kier alpha value is -2.46. The van der Waals surface area contributed by atoms with Gasteiger partial charge < -0.3 is 29.2 Å². The number of benzene rings is 1. The summed E-state index contributed by atoms with van der Waals surface area (Å²) in [6, 6.07) is 5.89. The summed E-state index contributed by atoms with van der Waals surface area (Å²) >= 11 is 6.56. The topological polar surface area (TPSA) is 79.8 Å². The van der Waals surface area contributed by atoms with Crippen LogP contribution in [0.1, 0.15) is 12.8 Å². The summed E-state index contributed by atoms with van der Waals surface area (Å²) in [5.74, 6) is -0.986. The van der Waals surface area contributed by atoms with Crippen molar-refractivity contribution in [3.8, 4) is 17.1 Å². The highest BCUT2D eigenvalue weighted by Gasteiger charge is 2.47. The minimum Gasteiger partial charge on any atom is -0.472 e. The highest BCUT2D eigenvalue weighted by molar-refractivity contribution is 6.36. The van der Waals surface area contributed by atoms with Crippen LogP contribution >= 0.6 is 11.6 Å². The molecule has 34 heavy (non-hydrogen) atoms. The molecule has 4 atom stereocenters. The number of hydrogen-bond donors (Lipinski definition) is 2. The molecule has 3 aromatic rings. The molecule has 0 bridgehead atoms. The molecule has 0 spiro atoms. The number of fused-ring (bicyclic) bond motifs is 2. The highest BCUT2D eigenvalue weighted by Crippen LogP contribution is 2.41. The molecule has 3 aliphatic rings. The molecule has 7 nitrogen and oxygen atoms in total. The number of rotatable bonds is 4. The fraction of sp³-hybridized carbons (Fsp3) is 0.458. The molecule has 2 aromatic heterocycles. The number of morpholine rings is 1. The van der Waals surface area contributed by atoms with E-state index in [-0.39, 0.29) is 34.4 Å². The molecule has 1 saturated carbocycles. The van der Waals surface area contributed by atoms with Crippen LogP contribution in [0.3, 0.4) is 0 Å². The average molecular weight is 492 g/mol. The number of pyridine rings is 1. The van der Waals surface area contributed by atoms with Gasteiger partial charge in [0.15, 0.2) is 0 Å². The summed E-state index contributed by atoms with van der Waals surface area (Å²) in [7, 11) is 0. The van der Waals surface area contributed by atoms with Crippen molar-refractivity contribution in [2.24, 2.45) is 5.92 Å². The van der Waals surface area contributed by atoms with Gasteiger partial charge in [0.25, 0.3) is 0 Å². The molecule has 4 heterocycles. The minimum atomic E-state index is -0.689. The lowest BCUT2D eigenvalue weighted by atomic mass is 10.0. The summed E-state index contributed by atoms with van der Waals surface area (Å²) in [5, 5.41) is 10.3. The van der Waals surface area contributed by atoms with E-state index >= 15 is 8.78 Å². The quantitative estimate of drug-likeness (QED) is 0.576. The number of aromatic amines is 1. The second-order valence-electron chi connectivity index (χ2n) is 9.01. The van der Waals surface area contributed by atoms with E-state index in [1.54, 1.807) is 12.1 Å². The van der Waals surface area contributed by atoms with Gasteiger partial charge in [0.05, 0.1) is 48.8 Å². The van der Waals surface area contributed by atoms with E-state index < -0.39 is 17.7 Å². The predicted octanol–water partition coefficient (Wildman–Crippen LogP) is 3.92. The third-order valence-electron chi connectivity index (χ3n) is 7.01. The molecule has 2 N–H and O–H groups in total. The molecule has 0 amide bonds. The summed E-state index contributed by atoms with van der Waals surface area (Å²) in [5.41, 5.74) is 1.38. The van der Waals surface area contributed by atoms with Crippen LogP contribution in [0.25, 0.3) is 22.3 Å². The van der Waals surface area contributed by atoms with Crippen LogP contribution in [0.2, 0.25) is 5.02 Å². The monoisotopic (exact) mass is 491 g/mol. The van der Waals surface area contributed by atoms with Crippen molar-refractivity contribution >= 4 is 28.3 Å². The standard InChI is InChI=1S/C24H24ClF2N3O4/c25-21-22-17(29-24(21)34-19-4-1-13-18(31)11-33-23(13)19)3-2-16(28-22)20-14(26)9-12(10-15(20)27)30-5-7-32-8-6-30/h2-3,9-10,13,18-19,23,29,31H,1,4-8,11H2/t13?,18-,19-,23+/m1/s1. The molecule has 2 aliphatic heterocycles. The maximum atomic E-state index is 15.0. The van der Waals surface area contributed by atoms with E-state index in [2.05, 4.69) is 9.97 Å². The molecule has 3 fully saturated rings. The number of nitrogens with zero attached hydrogens (tertiary/aromatic N) is 2. The molecule has 2 saturated heterocycles. The number of H-pyrrole nitrogens is 1. The molecule has 6 rings (SSSR count). The Morgan fingerprint density at radius 3 is 2.68 bits per heavy atom. The molecular formula is C24H24ClF2N3O4. The number of aliphatic hydroxyl groups is 1. The van der Waals surface area contributed by atoms with Gasteiger partial charge in [-0.2, -0.15) is 0 Å². The van der Waals surface area contributed by atoms with Gasteiger partial charge in [0, 0.05) is 24.7 Å². The molecule has 180 valence electrons. The van der Waals surface area contributed by atoms with Crippen molar-refractivity contribution in [1.29, 1.82) is 0 Å². The van der Waals surface area contributed by atoms with Gasteiger partial charge in [-0.1, -0.05) is 11.6 Å². The number of aliphatic hydroxyl groups excluding tert-OH is 1. The van der Waals surface area contributed by atoms with Crippen molar-refractivity contribution in [1.82, 2.24) is 9.97 Å². The Labute approximate surface area is 199 Å². The van der Waals surface area contributed by atoms with Crippen molar-refractivity contribution in [3.05, 3.63) is 40.9 Å². The molecule has 1 aromatic carbocycles. The number of ether oxygens (including phenoxy) is 3. The average Bonchev–Trinajstić information content (AvgIpc) is 3.50. The van der Waals surface area contributed by atoms with Crippen LogP contribution in [0.15, 0.2) is 24.3 Å². The van der Waals surface area contributed by atoms with Crippen LogP contribution in [-0.4, -0.2) is 66.3 Å². The number of hydrogen-bond acceptors (Lipinski definition) is 6. The van der Waals surface area contributed by atoms with Crippen LogP contribution in [0.5, 0.6) is 5.88 Å². The maximum Gasteiger partial charge on any atom is 0.213 e. The van der Waals surface area contributed by atoms with Crippen LogP contribution in [0, 0.1) is 17.6 Å². The Morgan fingerprint density at radius 2 is 1.91 bits per heavy atom. The second kappa shape index (κ2) is 8.64. The van der Waals surface area contributed by atoms with Crippen LogP contribution < -0.4 is 9.64 Å². The first-order valence-corrected chi connectivity index (χ1v) is 11.8. The van der Waals surface area contributed by atoms with Gasteiger partial charge in [0.1, 0.15) is 28.3 Å². The molecular weight excluding hydrogens is 468 g/mol. The van der Waals surface area contributed by atoms with E-state index in [0.29, 0.717) is 55.5 Å². The SMILES string of the molecule is O[C@@H]1CO[C@H]2C1CC[C@H]2Oc1[nH]c2ccc(-c3c(F)cc(N4CCOCC4)cc3F)nc2c1Cl. The maximum absolute atomic E-state index is 15.0. The number of anilines is 1. The summed E-state index contributed by atoms with van der Waals surface area (Å²) in [4.78, 5) is 9.45. The molecule has 0 radical (unpaired) electrons. The molecule has 1 unspecified atom stereocenters. The van der Waals surface area contributed by atoms with Crippen molar-refractivity contribution in [3.63, 3.8) is 0 Å². The first kappa shape index (κ1) is 22.0. The zero-order valence-corrected chi connectivity index (χ0v) is 19.0. The lowest BCUT2D eigenvalue weighted by Crippen LogP contribution is -2.36. The van der Waals surface area contributed by atoms with E-state index in [1.165, 1.54) is 12.1 Å². The third kappa shape index (κ3) is 3.71. The summed E-state index contributed by atoms with van der Waals surface area (Å²) < 4.78 is 47.2. The lowest BCUT2D eigenvalue weighted by Gasteiger charge is -2.29. The normalized spacial score (nSPS) is 26.9. The Kier molecular flexibility index (Phi) is 5.60. The predicted molar refractivity (Wildman–Crippen MR) is 122 cm³/mol. The van der Waals surface area contributed by atoms with Gasteiger partial charge in [-0.25, -0.2) is 13.8 Å². The summed E-state index contributed by atoms with van der Waals surface area (Å²) in [6.45, 7) is 2.51. The lowest BCUT2D eigenvalue weighted by molar-refractivity contribution is 0.0154. The van der Waals surface area contributed by atoms with E-state index in [4.69, 9.17) is 25.8 Å². The smallest absolute Gasteiger partial charge is 0.213 e. The second-order valence-corrected chi connectivity index (χ2v) is 9.39. The Bertz CT molecular complexity index is 1210. The number of halogens is 3. The molecule has 1 aliphatic carbocycles. The number of aromatic nitrogens is 2. The zero-order chi connectivity index (χ0) is 23.4. The Balaban J connectivity index is 1.29. The third-order valence-corrected chi connectivity index (χ3v) is 7.36. The zero-order valence-electron chi connectivity index (χ0n) is 18.3. The highest BCUT2D eigenvalue weighted by atomic mass is 35.5. The van der Waals surface area contributed by atoms with Crippen LogP contribution in [0.4, 0.5) is 14.5 Å². The Morgan fingerprint density at radius 1 is 1.15 bits per heavy atom. The first-order chi connectivity index (χ1) is 16.5. The summed E-state index contributed by atoms with van der Waals surface area (Å²) in [6.07, 6.45) is 0.655. The minimum absolute atomic E-state index is 0.0595. The van der Waals surface area contributed by atoms with Crippen LogP contribution in [-0.2, 0) is 9.47 Å². The van der Waals surface area contributed by atoms with Gasteiger partial charge >= 0.3 is 0 Å². The largest absolute Gasteiger partial charge is 0.472 e. The first-order valence-electron chi connectivity index (χ1n) is 11.5. The van der Waals surface area contributed by atoms with E-state index in [0.717, 1.165) is 12.8 Å². The van der Waals surface area contributed by atoms with Gasteiger partial charge in [-0.15, -0.1) is 0 Å². The molecule has 10 heteroatoms. The fourth-order valence-electron chi connectivity index (χ4n) is 5.25.